The molecule has 0 radical (unpaired) electrons. The van der Waals surface area contributed by atoms with Crippen molar-refractivity contribution in [2.45, 2.75) is 12.6 Å². The van der Waals surface area contributed by atoms with Gasteiger partial charge in [0.2, 0.25) is 0 Å². The number of aliphatic hydroxyl groups is 2. The number of nitrogen functional groups attached to an aromatic ring is 1. The molecule has 2 aromatic rings. The zero-order chi connectivity index (χ0) is 11.7. The molecule has 0 aliphatic carbocycles. The van der Waals surface area contributed by atoms with Crippen LogP contribution in [-0.4, -0.2) is 27.5 Å². The molecule has 0 saturated heterocycles. The lowest BCUT2D eigenvalue weighted by Gasteiger charge is -2.06. The molecule has 2 rings (SSSR count). The van der Waals surface area contributed by atoms with E-state index >= 15 is 0 Å². The number of hydrogen-bond donors (Lipinski definition) is 3. The minimum atomic E-state index is -0.990. The molecule has 0 aliphatic rings. The van der Waals surface area contributed by atoms with E-state index < -0.39 is 18.5 Å². The summed E-state index contributed by atoms with van der Waals surface area (Å²) in [6, 6.07) is 4.82. The maximum absolute atomic E-state index is 11.5. The third-order valence-electron chi connectivity index (χ3n) is 2.30. The van der Waals surface area contributed by atoms with Gasteiger partial charge in [0.25, 0.3) is 0 Å². The fourth-order valence-electron chi connectivity index (χ4n) is 1.52. The van der Waals surface area contributed by atoms with E-state index in [0.717, 1.165) is 0 Å². The van der Waals surface area contributed by atoms with E-state index in [4.69, 9.17) is 15.3 Å². The smallest absolute Gasteiger partial charge is 0.408 e. The van der Waals surface area contributed by atoms with Gasteiger partial charge in [0, 0.05) is 11.8 Å². The van der Waals surface area contributed by atoms with Gasteiger partial charge in [0.1, 0.15) is 0 Å². The van der Waals surface area contributed by atoms with Crippen molar-refractivity contribution >= 4 is 16.8 Å². The molecule has 0 aliphatic heterocycles. The molecule has 0 bridgehead atoms. The van der Waals surface area contributed by atoms with Gasteiger partial charge in [-0.3, -0.25) is 4.57 Å². The number of aromatic nitrogens is 1. The monoisotopic (exact) mass is 224 g/mol. The Morgan fingerprint density at radius 2 is 2.25 bits per heavy atom. The third kappa shape index (κ3) is 1.80. The number of hydrogen-bond acceptors (Lipinski definition) is 5. The Kier molecular flexibility index (Phi) is 2.67. The van der Waals surface area contributed by atoms with Crippen molar-refractivity contribution in [1.29, 1.82) is 0 Å². The quantitative estimate of drug-likeness (QED) is 0.612. The molecular formula is C10H12N2O4. The molecule has 1 aromatic heterocycles. The molecule has 1 unspecified atom stereocenters. The van der Waals surface area contributed by atoms with E-state index in [9.17, 15) is 9.90 Å². The van der Waals surface area contributed by atoms with Crippen LogP contribution < -0.4 is 11.5 Å². The average Bonchev–Trinajstić information content (AvgIpc) is 2.54. The first-order valence-electron chi connectivity index (χ1n) is 4.79. The van der Waals surface area contributed by atoms with Gasteiger partial charge < -0.3 is 20.4 Å². The highest BCUT2D eigenvalue weighted by Gasteiger charge is 2.12. The molecule has 0 spiro atoms. The minimum absolute atomic E-state index is 0.00769. The first-order valence-corrected chi connectivity index (χ1v) is 4.79. The van der Waals surface area contributed by atoms with Crippen molar-refractivity contribution in [2.75, 3.05) is 12.3 Å². The lowest BCUT2D eigenvalue weighted by molar-refractivity contribution is 0.0804. The van der Waals surface area contributed by atoms with Gasteiger partial charge >= 0.3 is 5.76 Å². The largest absolute Gasteiger partial charge is 0.420 e. The van der Waals surface area contributed by atoms with Crippen molar-refractivity contribution in [3.63, 3.8) is 0 Å². The Morgan fingerprint density at radius 3 is 2.94 bits per heavy atom. The molecule has 16 heavy (non-hydrogen) atoms. The van der Waals surface area contributed by atoms with Crippen LogP contribution in [0.3, 0.4) is 0 Å². The Balaban J connectivity index is 2.52. The highest BCUT2D eigenvalue weighted by Crippen LogP contribution is 2.16. The van der Waals surface area contributed by atoms with Crippen LogP contribution in [-0.2, 0) is 6.54 Å². The first kappa shape index (κ1) is 10.7. The summed E-state index contributed by atoms with van der Waals surface area (Å²) >= 11 is 0. The molecule has 86 valence electrons. The van der Waals surface area contributed by atoms with E-state index in [1.165, 1.54) is 4.57 Å². The van der Waals surface area contributed by atoms with Gasteiger partial charge in [0.05, 0.1) is 24.8 Å². The molecule has 0 fully saturated rings. The summed E-state index contributed by atoms with van der Waals surface area (Å²) in [4.78, 5) is 11.5. The van der Waals surface area contributed by atoms with Crippen LogP contribution in [0.15, 0.2) is 27.4 Å². The number of aliphatic hydroxyl groups excluding tert-OH is 2. The SMILES string of the molecule is Nc1ccc2c(c1)oc(=O)n2CC(O)CO. The summed E-state index contributed by atoms with van der Waals surface area (Å²) < 4.78 is 6.22. The number of benzene rings is 1. The van der Waals surface area contributed by atoms with Crippen molar-refractivity contribution in [1.82, 2.24) is 4.57 Å². The van der Waals surface area contributed by atoms with Gasteiger partial charge in [-0.05, 0) is 12.1 Å². The number of nitrogens with zero attached hydrogens (tertiary/aromatic N) is 1. The predicted molar refractivity (Wildman–Crippen MR) is 58.0 cm³/mol. The summed E-state index contributed by atoms with van der Waals surface area (Å²) in [7, 11) is 0. The molecule has 1 aromatic carbocycles. The van der Waals surface area contributed by atoms with Gasteiger partial charge in [0.15, 0.2) is 5.58 Å². The topological polar surface area (TPSA) is 102 Å². The molecule has 4 N–H and O–H groups in total. The van der Waals surface area contributed by atoms with E-state index in [1.54, 1.807) is 18.2 Å². The van der Waals surface area contributed by atoms with Gasteiger partial charge in [-0.2, -0.15) is 0 Å². The van der Waals surface area contributed by atoms with E-state index in [-0.39, 0.29) is 6.54 Å². The van der Waals surface area contributed by atoms with Crippen LogP contribution >= 0.6 is 0 Å². The lowest BCUT2D eigenvalue weighted by atomic mass is 10.3. The van der Waals surface area contributed by atoms with Crippen LogP contribution in [0.25, 0.3) is 11.1 Å². The van der Waals surface area contributed by atoms with Crippen LogP contribution in [0, 0.1) is 0 Å². The van der Waals surface area contributed by atoms with E-state index in [2.05, 4.69) is 0 Å². The Hall–Kier alpha value is -1.79. The summed E-state index contributed by atoms with van der Waals surface area (Å²) in [6.45, 7) is -0.416. The Bertz CT molecular complexity index is 557. The summed E-state index contributed by atoms with van der Waals surface area (Å²) in [5.41, 5.74) is 6.96. The zero-order valence-corrected chi connectivity index (χ0v) is 8.46. The van der Waals surface area contributed by atoms with Crippen LogP contribution in [0.1, 0.15) is 0 Å². The normalized spacial score (nSPS) is 13.1. The minimum Gasteiger partial charge on any atom is -0.408 e. The predicted octanol–water partition coefficient (Wildman–Crippen LogP) is -0.470. The highest BCUT2D eigenvalue weighted by molar-refractivity contribution is 5.76. The van der Waals surface area contributed by atoms with Crippen LogP contribution in [0.5, 0.6) is 0 Å². The summed E-state index contributed by atoms with van der Waals surface area (Å²) in [5, 5.41) is 18.0. The number of oxazole rings is 1. The average molecular weight is 224 g/mol. The summed E-state index contributed by atoms with van der Waals surface area (Å²) in [6.07, 6.45) is -0.990. The van der Waals surface area contributed by atoms with Gasteiger partial charge in [-0.15, -0.1) is 0 Å². The van der Waals surface area contributed by atoms with Crippen molar-refractivity contribution in [2.24, 2.45) is 0 Å². The van der Waals surface area contributed by atoms with Crippen molar-refractivity contribution in [3.05, 3.63) is 28.7 Å². The van der Waals surface area contributed by atoms with Crippen molar-refractivity contribution < 1.29 is 14.6 Å². The second kappa shape index (κ2) is 3.99. The van der Waals surface area contributed by atoms with E-state index in [0.29, 0.717) is 16.8 Å². The van der Waals surface area contributed by atoms with Crippen molar-refractivity contribution in [3.8, 4) is 0 Å². The first-order chi connectivity index (χ1) is 7.61. The highest BCUT2D eigenvalue weighted by atomic mass is 16.4. The molecule has 6 heteroatoms. The maximum Gasteiger partial charge on any atom is 0.420 e. The molecule has 0 saturated carbocycles. The maximum atomic E-state index is 11.5. The van der Waals surface area contributed by atoms with Crippen LogP contribution in [0.2, 0.25) is 0 Å². The molecule has 6 nitrogen and oxygen atoms in total. The molecular weight excluding hydrogens is 212 g/mol. The fraction of sp³-hybridized carbons (Fsp3) is 0.300. The molecule has 0 amide bonds. The number of nitrogens with two attached hydrogens (primary N) is 1. The second-order valence-electron chi connectivity index (χ2n) is 3.54. The number of anilines is 1. The zero-order valence-electron chi connectivity index (χ0n) is 8.46. The number of rotatable bonds is 3. The Morgan fingerprint density at radius 1 is 1.50 bits per heavy atom. The number of fused-ring (bicyclic) bond motifs is 1. The van der Waals surface area contributed by atoms with Crippen LogP contribution in [0.4, 0.5) is 5.69 Å². The molecule has 1 heterocycles. The third-order valence-corrected chi connectivity index (χ3v) is 2.30. The Labute approximate surface area is 90.5 Å². The fourth-order valence-corrected chi connectivity index (χ4v) is 1.52. The van der Waals surface area contributed by atoms with E-state index in [1.807, 2.05) is 0 Å². The molecule has 1 atom stereocenters. The van der Waals surface area contributed by atoms with Gasteiger partial charge in [-0.1, -0.05) is 0 Å². The standard InChI is InChI=1S/C10H12N2O4/c11-6-1-2-8-9(3-6)16-10(15)12(8)4-7(14)5-13/h1-3,7,13-14H,4-5,11H2. The second-order valence-corrected chi connectivity index (χ2v) is 3.54. The van der Waals surface area contributed by atoms with Gasteiger partial charge in [-0.25, -0.2) is 4.79 Å². The summed E-state index contributed by atoms with van der Waals surface area (Å²) in [5.74, 6) is -0.576. The lowest BCUT2D eigenvalue weighted by Crippen LogP contribution is -2.25.